The lowest BCUT2D eigenvalue weighted by Gasteiger charge is -2.20. The molecule has 92 valence electrons. The molecule has 1 unspecified atom stereocenters. The summed E-state index contributed by atoms with van der Waals surface area (Å²) in [4.78, 5) is 0. The van der Waals surface area contributed by atoms with Crippen LogP contribution in [0.2, 0.25) is 0 Å². The van der Waals surface area contributed by atoms with Crippen molar-refractivity contribution in [3.63, 3.8) is 0 Å². The lowest BCUT2D eigenvalue weighted by atomic mass is 10.1. The van der Waals surface area contributed by atoms with Crippen molar-refractivity contribution in [3.8, 4) is 0 Å². The number of hydrogen-bond donors (Lipinski definition) is 2. The SMILES string of the molecule is CCCCCCCC(C)N[C@H](CC)CO. The molecule has 0 fully saturated rings. The Labute approximate surface area is 95.5 Å². The summed E-state index contributed by atoms with van der Waals surface area (Å²) in [5, 5.41) is 12.5. The molecule has 0 saturated heterocycles. The van der Waals surface area contributed by atoms with Crippen LogP contribution in [0.5, 0.6) is 0 Å². The van der Waals surface area contributed by atoms with E-state index in [2.05, 4.69) is 26.1 Å². The van der Waals surface area contributed by atoms with E-state index in [0.717, 1.165) is 6.42 Å². The Hall–Kier alpha value is -0.0800. The fraction of sp³-hybridized carbons (Fsp3) is 1.00. The van der Waals surface area contributed by atoms with E-state index in [1.165, 1.54) is 38.5 Å². The van der Waals surface area contributed by atoms with Gasteiger partial charge in [-0.05, 0) is 19.8 Å². The first-order chi connectivity index (χ1) is 7.24. The van der Waals surface area contributed by atoms with Gasteiger partial charge in [0.05, 0.1) is 6.61 Å². The zero-order valence-corrected chi connectivity index (χ0v) is 10.8. The molecule has 0 bridgehead atoms. The van der Waals surface area contributed by atoms with Crippen LogP contribution >= 0.6 is 0 Å². The predicted molar refractivity (Wildman–Crippen MR) is 67.1 cm³/mol. The normalized spacial score (nSPS) is 15.2. The Morgan fingerprint density at radius 3 is 2.27 bits per heavy atom. The van der Waals surface area contributed by atoms with E-state index in [9.17, 15) is 0 Å². The van der Waals surface area contributed by atoms with Crippen molar-refractivity contribution in [2.45, 2.75) is 77.8 Å². The summed E-state index contributed by atoms with van der Waals surface area (Å²) in [5.41, 5.74) is 0. The van der Waals surface area contributed by atoms with Crippen LogP contribution in [0.25, 0.3) is 0 Å². The zero-order valence-electron chi connectivity index (χ0n) is 10.8. The molecular formula is C13H29NO. The number of aliphatic hydroxyl groups is 1. The summed E-state index contributed by atoms with van der Waals surface area (Å²) < 4.78 is 0. The monoisotopic (exact) mass is 215 g/mol. The van der Waals surface area contributed by atoms with Crippen molar-refractivity contribution in [2.75, 3.05) is 6.61 Å². The first-order valence-corrected chi connectivity index (χ1v) is 6.61. The Morgan fingerprint density at radius 1 is 1.07 bits per heavy atom. The predicted octanol–water partition coefficient (Wildman–Crippen LogP) is 3.10. The highest BCUT2D eigenvalue weighted by atomic mass is 16.3. The molecule has 2 heteroatoms. The summed E-state index contributed by atoms with van der Waals surface area (Å²) in [6.45, 7) is 6.84. The van der Waals surface area contributed by atoms with E-state index < -0.39 is 0 Å². The van der Waals surface area contributed by atoms with E-state index in [0.29, 0.717) is 6.04 Å². The summed E-state index contributed by atoms with van der Waals surface area (Å²) in [5.74, 6) is 0. The van der Waals surface area contributed by atoms with Crippen LogP contribution in [0.3, 0.4) is 0 Å². The maximum atomic E-state index is 9.05. The van der Waals surface area contributed by atoms with Gasteiger partial charge < -0.3 is 10.4 Å². The van der Waals surface area contributed by atoms with E-state index in [1.54, 1.807) is 0 Å². The number of rotatable bonds is 10. The number of hydrogen-bond acceptors (Lipinski definition) is 2. The van der Waals surface area contributed by atoms with Crippen LogP contribution in [0.15, 0.2) is 0 Å². The van der Waals surface area contributed by atoms with Gasteiger partial charge >= 0.3 is 0 Å². The van der Waals surface area contributed by atoms with Gasteiger partial charge in [0.25, 0.3) is 0 Å². The Bertz CT molecular complexity index is 124. The quantitative estimate of drug-likeness (QED) is 0.549. The molecule has 15 heavy (non-hydrogen) atoms. The molecule has 0 aliphatic carbocycles. The molecule has 2 N–H and O–H groups in total. The fourth-order valence-electron chi connectivity index (χ4n) is 1.84. The van der Waals surface area contributed by atoms with Gasteiger partial charge in [-0.25, -0.2) is 0 Å². The second-order valence-electron chi connectivity index (χ2n) is 4.56. The van der Waals surface area contributed by atoms with Gasteiger partial charge in [0.2, 0.25) is 0 Å². The van der Waals surface area contributed by atoms with E-state index >= 15 is 0 Å². The topological polar surface area (TPSA) is 32.3 Å². The molecular weight excluding hydrogens is 186 g/mol. The van der Waals surface area contributed by atoms with Crippen molar-refractivity contribution in [1.82, 2.24) is 5.32 Å². The van der Waals surface area contributed by atoms with Crippen molar-refractivity contribution < 1.29 is 5.11 Å². The van der Waals surface area contributed by atoms with Crippen LogP contribution in [0, 0.1) is 0 Å². The lowest BCUT2D eigenvalue weighted by Crippen LogP contribution is -2.38. The van der Waals surface area contributed by atoms with Crippen LogP contribution in [-0.4, -0.2) is 23.8 Å². The third-order valence-corrected chi connectivity index (χ3v) is 2.97. The van der Waals surface area contributed by atoms with Gasteiger partial charge in [0.15, 0.2) is 0 Å². The van der Waals surface area contributed by atoms with Crippen LogP contribution < -0.4 is 5.32 Å². The van der Waals surface area contributed by atoms with Gasteiger partial charge in [0.1, 0.15) is 0 Å². The molecule has 0 aromatic carbocycles. The lowest BCUT2D eigenvalue weighted by molar-refractivity contribution is 0.227. The summed E-state index contributed by atoms with van der Waals surface area (Å²) in [7, 11) is 0. The van der Waals surface area contributed by atoms with Crippen molar-refractivity contribution in [1.29, 1.82) is 0 Å². The molecule has 0 aromatic heterocycles. The molecule has 0 aliphatic rings. The summed E-state index contributed by atoms with van der Waals surface area (Å²) in [6.07, 6.45) is 8.98. The summed E-state index contributed by atoms with van der Waals surface area (Å²) in [6, 6.07) is 0.833. The molecule has 2 atom stereocenters. The van der Waals surface area contributed by atoms with Gasteiger partial charge in [0, 0.05) is 12.1 Å². The van der Waals surface area contributed by atoms with Gasteiger partial charge in [-0.1, -0.05) is 46.0 Å². The molecule has 0 heterocycles. The van der Waals surface area contributed by atoms with E-state index in [1.807, 2.05) is 0 Å². The highest BCUT2D eigenvalue weighted by Gasteiger charge is 2.08. The van der Waals surface area contributed by atoms with Crippen LogP contribution in [-0.2, 0) is 0 Å². The minimum absolute atomic E-state index is 0.261. The molecule has 0 aliphatic heterocycles. The highest BCUT2D eigenvalue weighted by Crippen LogP contribution is 2.07. The highest BCUT2D eigenvalue weighted by molar-refractivity contribution is 4.69. The van der Waals surface area contributed by atoms with E-state index in [-0.39, 0.29) is 12.6 Å². The Balaban J connectivity index is 3.35. The maximum absolute atomic E-state index is 9.05. The van der Waals surface area contributed by atoms with Gasteiger partial charge in [-0.15, -0.1) is 0 Å². The molecule has 2 nitrogen and oxygen atoms in total. The van der Waals surface area contributed by atoms with Gasteiger partial charge in [-0.2, -0.15) is 0 Å². The second kappa shape index (κ2) is 10.4. The standard InChI is InChI=1S/C13H29NO/c1-4-6-7-8-9-10-12(3)14-13(5-2)11-15/h12-15H,4-11H2,1-3H3/t12?,13-/m1/s1. The molecule has 0 saturated carbocycles. The minimum atomic E-state index is 0.261. The number of nitrogens with one attached hydrogen (secondary N) is 1. The summed E-state index contributed by atoms with van der Waals surface area (Å²) >= 11 is 0. The molecule has 0 rings (SSSR count). The zero-order chi connectivity index (χ0) is 11.5. The first kappa shape index (κ1) is 14.9. The largest absolute Gasteiger partial charge is 0.395 e. The average molecular weight is 215 g/mol. The molecule has 0 spiro atoms. The molecule has 0 radical (unpaired) electrons. The van der Waals surface area contributed by atoms with E-state index in [4.69, 9.17) is 5.11 Å². The maximum Gasteiger partial charge on any atom is 0.0584 e. The fourth-order valence-corrected chi connectivity index (χ4v) is 1.84. The number of aliphatic hydroxyl groups excluding tert-OH is 1. The molecule has 0 amide bonds. The third-order valence-electron chi connectivity index (χ3n) is 2.97. The Kier molecular flexibility index (Phi) is 10.4. The second-order valence-corrected chi connectivity index (χ2v) is 4.56. The Morgan fingerprint density at radius 2 is 1.73 bits per heavy atom. The van der Waals surface area contributed by atoms with Crippen molar-refractivity contribution in [2.24, 2.45) is 0 Å². The average Bonchev–Trinajstić information content (AvgIpc) is 2.25. The van der Waals surface area contributed by atoms with Crippen molar-refractivity contribution >= 4 is 0 Å². The van der Waals surface area contributed by atoms with Crippen LogP contribution in [0.1, 0.15) is 65.7 Å². The first-order valence-electron chi connectivity index (χ1n) is 6.61. The van der Waals surface area contributed by atoms with Crippen molar-refractivity contribution in [3.05, 3.63) is 0 Å². The van der Waals surface area contributed by atoms with Crippen LogP contribution in [0.4, 0.5) is 0 Å². The smallest absolute Gasteiger partial charge is 0.0584 e. The number of unbranched alkanes of at least 4 members (excludes halogenated alkanes) is 4. The third kappa shape index (κ3) is 8.88. The minimum Gasteiger partial charge on any atom is -0.395 e. The van der Waals surface area contributed by atoms with Gasteiger partial charge in [-0.3, -0.25) is 0 Å². The molecule has 0 aromatic rings.